The maximum Gasteiger partial charge on any atom is 0.247 e. The van der Waals surface area contributed by atoms with Crippen LogP contribution in [0.25, 0.3) is 0 Å². The van der Waals surface area contributed by atoms with E-state index in [1.54, 1.807) is 24.8 Å². The van der Waals surface area contributed by atoms with Crippen molar-refractivity contribution >= 4 is 17.7 Å². The summed E-state index contributed by atoms with van der Waals surface area (Å²) in [7, 11) is 0. The van der Waals surface area contributed by atoms with E-state index in [-0.39, 0.29) is 35.7 Å². The lowest BCUT2D eigenvalue weighted by Gasteiger charge is -2.41. The normalized spacial score (nSPS) is 25.8. The van der Waals surface area contributed by atoms with Crippen molar-refractivity contribution in [1.82, 2.24) is 20.4 Å². The molecule has 1 saturated heterocycles. The van der Waals surface area contributed by atoms with Crippen molar-refractivity contribution in [1.29, 1.82) is 0 Å². The van der Waals surface area contributed by atoms with Gasteiger partial charge in [0, 0.05) is 25.2 Å². The third kappa shape index (κ3) is 5.41. The highest BCUT2D eigenvalue weighted by atomic mass is 16.3. The Morgan fingerprint density at radius 3 is 2.40 bits per heavy atom. The predicted octanol–water partition coefficient (Wildman–Crippen LogP) is 1.13. The molecule has 0 bridgehead atoms. The fraction of sp³-hybridized carbons (Fsp3) is 0.682. The van der Waals surface area contributed by atoms with Crippen molar-refractivity contribution in [2.75, 3.05) is 6.54 Å². The first kappa shape index (κ1) is 23.9. The molecule has 30 heavy (non-hydrogen) atoms. The first-order valence-electron chi connectivity index (χ1n) is 10.7. The number of nitrogens with one attached hydrogen (secondary N) is 2. The highest BCUT2D eigenvalue weighted by Crippen LogP contribution is 2.28. The van der Waals surface area contributed by atoms with Crippen LogP contribution < -0.4 is 10.6 Å². The van der Waals surface area contributed by atoms with Gasteiger partial charge in [0.25, 0.3) is 0 Å². The molecule has 0 spiro atoms. The Labute approximate surface area is 179 Å². The molecule has 2 aliphatic heterocycles. The number of aliphatic hydroxyl groups excluding tert-OH is 1. The van der Waals surface area contributed by atoms with Gasteiger partial charge in [-0.05, 0) is 45.1 Å². The molecule has 0 aromatic carbocycles. The van der Waals surface area contributed by atoms with E-state index in [1.807, 2.05) is 19.9 Å². The topological polar surface area (TPSA) is 102 Å². The van der Waals surface area contributed by atoms with E-state index in [4.69, 9.17) is 0 Å². The van der Waals surface area contributed by atoms with Gasteiger partial charge in [0.2, 0.25) is 17.7 Å². The van der Waals surface area contributed by atoms with Gasteiger partial charge in [-0.15, -0.1) is 0 Å². The number of carbonyl (C=O) groups excluding carboxylic acids is 3. The Hall–Kier alpha value is -2.35. The molecule has 5 unspecified atom stereocenters. The van der Waals surface area contributed by atoms with Crippen molar-refractivity contribution in [2.24, 2.45) is 5.92 Å². The second-order valence-electron chi connectivity index (χ2n) is 8.64. The van der Waals surface area contributed by atoms with Crippen molar-refractivity contribution < 1.29 is 19.5 Å². The summed E-state index contributed by atoms with van der Waals surface area (Å²) in [5.74, 6) is -0.374. The van der Waals surface area contributed by atoms with Gasteiger partial charge >= 0.3 is 0 Å². The summed E-state index contributed by atoms with van der Waals surface area (Å²) < 4.78 is 0. The van der Waals surface area contributed by atoms with Gasteiger partial charge in [-0.25, -0.2) is 0 Å². The van der Waals surface area contributed by atoms with Crippen LogP contribution in [0, 0.1) is 5.92 Å². The fourth-order valence-corrected chi connectivity index (χ4v) is 4.19. The van der Waals surface area contributed by atoms with Crippen LogP contribution in [-0.4, -0.2) is 69.6 Å². The van der Waals surface area contributed by atoms with Crippen molar-refractivity contribution in [2.45, 2.75) is 84.3 Å². The molecule has 3 amide bonds. The summed E-state index contributed by atoms with van der Waals surface area (Å²) >= 11 is 0. The van der Waals surface area contributed by atoms with E-state index in [9.17, 15) is 19.5 Å². The van der Waals surface area contributed by atoms with E-state index in [0.717, 1.165) is 6.42 Å². The molecule has 0 aliphatic carbocycles. The van der Waals surface area contributed by atoms with E-state index < -0.39 is 18.3 Å². The Balaban J connectivity index is 2.09. The van der Waals surface area contributed by atoms with Crippen molar-refractivity contribution in [3.8, 4) is 0 Å². The molecule has 2 rings (SSSR count). The Morgan fingerprint density at radius 2 is 1.80 bits per heavy atom. The van der Waals surface area contributed by atoms with Crippen LogP contribution in [0.15, 0.2) is 24.4 Å². The summed E-state index contributed by atoms with van der Waals surface area (Å²) in [4.78, 5) is 40.9. The molecule has 0 aromatic heterocycles. The molecule has 8 nitrogen and oxygen atoms in total. The lowest BCUT2D eigenvalue weighted by molar-refractivity contribution is -0.154. The Kier molecular flexibility index (Phi) is 8.06. The third-order valence-corrected chi connectivity index (χ3v) is 5.89. The average molecular weight is 421 g/mol. The highest BCUT2D eigenvalue weighted by Gasteiger charge is 2.42. The average Bonchev–Trinajstić information content (AvgIpc) is 3.15. The molecule has 0 radical (unpaired) electrons. The lowest BCUT2D eigenvalue weighted by Crippen LogP contribution is -2.58. The molecule has 5 atom stereocenters. The van der Waals surface area contributed by atoms with Crippen LogP contribution in [-0.2, 0) is 14.4 Å². The number of amides is 3. The van der Waals surface area contributed by atoms with Gasteiger partial charge in [-0.3, -0.25) is 14.4 Å². The molecule has 1 fully saturated rings. The number of nitrogens with zero attached hydrogens (tertiary/aromatic N) is 2. The highest BCUT2D eigenvalue weighted by molar-refractivity contribution is 5.90. The minimum absolute atomic E-state index is 0.0936. The molecular weight excluding hydrogens is 384 g/mol. The van der Waals surface area contributed by atoms with E-state index in [1.165, 1.54) is 11.8 Å². The number of aliphatic hydroxyl groups is 1. The maximum atomic E-state index is 13.4. The largest absolute Gasteiger partial charge is 0.376 e. The zero-order valence-electron chi connectivity index (χ0n) is 18.7. The van der Waals surface area contributed by atoms with E-state index in [0.29, 0.717) is 25.1 Å². The van der Waals surface area contributed by atoms with Gasteiger partial charge in [0.05, 0.1) is 6.04 Å². The van der Waals surface area contributed by atoms with E-state index in [2.05, 4.69) is 17.2 Å². The summed E-state index contributed by atoms with van der Waals surface area (Å²) in [6, 6.07) is -1.58. The van der Waals surface area contributed by atoms with Gasteiger partial charge in [-0.1, -0.05) is 26.5 Å². The predicted molar refractivity (Wildman–Crippen MR) is 115 cm³/mol. The minimum atomic E-state index is -0.968. The van der Waals surface area contributed by atoms with Gasteiger partial charge < -0.3 is 25.5 Å². The molecule has 8 heteroatoms. The lowest BCUT2D eigenvalue weighted by atomic mass is 9.94. The zero-order chi connectivity index (χ0) is 22.6. The van der Waals surface area contributed by atoms with Gasteiger partial charge in [0.1, 0.15) is 18.3 Å². The Morgan fingerprint density at radius 1 is 1.13 bits per heavy atom. The standard InChI is InChI=1S/C22H36N4O4/c1-13(2)18-9-7-11-20(28)26(18)22(30)19-10-8-12-25(19)21(29)16(5)23-14(3)15(4)24-17(6)27/h7,11,13,15-16,18-20,23,28H,3,8-10,12H2,1-2,4-6H3,(H,24,27). The van der Waals surface area contributed by atoms with Crippen molar-refractivity contribution in [3.05, 3.63) is 24.4 Å². The summed E-state index contributed by atoms with van der Waals surface area (Å²) in [5, 5.41) is 16.2. The smallest absolute Gasteiger partial charge is 0.247 e. The van der Waals surface area contributed by atoms with Crippen molar-refractivity contribution in [3.63, 3.8) is 0 Å². The second kappa shape index (κ2) is 10.1. The number of carbonyl (C=O) groups is 3. The summed E-state index contributed by atoms with van der Waals surface area (Å²) in [6.45, 7) is 13.4. The third-order valence-electron chi connectivity index (χ3n) is 5.89. The zero-order valence-corrected chi connectivity index (χ0v) is 18.7. The van der Waals surface area contributed by atoms with Crippen LogP contribution in [0.3, 0.4) is 0 Å². The molecule has 3 N–H and O–H groups in total. The van der Waals surface area contributed by atoms with Crippen LogP contribution >= 0.6 is 0 Å². The summed E-state index contributed by atoms with van der Waals surface area (Å²) in [6.07, 6.45) is 4.59. The van der Waals surface area contributed by atoms with Crippen LogP contribution in [0.2, 0.25) is 0 Å². The number of hydrogen-bond donors (Lipinski definition) is 3. The second-order valence-corrected chi connectivity index (χ2v) is 8.64. The molecule has 0 saturated carbocycles. The molecule has 0 aromatic rings. The fourth-order valence-electron chi connectivity index (χ4n) is 4.19. The number of rotatable bonds is 7. The van der Waals surface area contributed by atoms with Crippen LogP contribution in [0.5, 0.6) is 0 Å². The van der Waals surface area contributed by atoms with Gasteiger partial charge in [0.15, 0.2) is 0 Å². The van der Waals surface area contributed by atoms with Gasteiger partial charge in [-0.2, -0.15) is 0 Å². The first-order chi connectivity index (χ1) is 14.0. The number of hydrogen-bond acceptors (Lipinski definition) is 5. The molecular formula is C22H36N4O4. The molecule has 2 aliphatic rings. The van der Waals surface area contributed by atoms with Crippen LogP contribution in [0.1, 0.15) is 53.9 Å². The molecule has 2 heterocycles. The first-order valence-corrected chi connectivity index (χ1v) is 10.7. The van der Waals surface area contributed by atoms with E-state index >= 15 is 0 Å². The Bertz CT molecular complexity index is 705. The maximum absolute atomic E-state index is 13.4. The summed E-state index contributed by atoms with van der Waals surface area (Å²) in [5.41, 5.74) is 0.532. The number of likely N-dealkylation sites (tertiary alicyclic amines) is 1. The molecule has 168 valence electrons. The quantitative estimate of drug-likeness (QED) is 0.536. The van der Waals surface area contributed by atoms with Crippen LogP contribution in [0.4, 0.5) is 0 Å². The monoisotopic (exact) mass is 420 g/mol. The SMILES string of the molecule is C=C(NC(C)C(=O)N1CCCC1C(=O)N1C(O)C=CCC1C(C)C)C(C)NC(C)=O. The minimum Gasteiger partial charge on any atom is -0.376 e.